The number of aliphatic carboxylic acids is 1. The monoisotopic (exact) mass is 447 g/mol. The number of rotatable bonds is 5. The average Bonchev–Trinajstić information content (AvgIpc) is 3.55. The minimum atomic E-state index is -1.05. The lowest BCUT2D eigenvalue weighted by Gasteiger charge is -2.19. The molecule has 2 amide bonds. The molecule has 0 bridgehead atoms. The van der Waals surface area contributed by atoms with Gasteiger partial charge in [-0.1, -0.05) is 53.7 Å². The molecule has 3 aromatic rings. The first-order chi connectivity index (χ1) is 16.0. The molecule has 1 saturated heterocycles. The van der Waals surface area contributed by atoms with Crippen LogP contribution in [0, 0.1) is 0 Å². The zero-order valence-corrected chi connectivity index (χ0v) is 17.6. The number of likely N-dealkylation sites (tertiary alicyclic amines) is 1. The molecular formula is C24H21N3O6. The largest absolute Gasteiger partial charge is 0.480 e. The van der Waals surface area contributed by atoms with Crippen molar-refractivity contribution in [3.8, 4) is 11.1 Å². The highest BCUT2D eigenvalue weighted by atomic mass is 16.6. The minimum absolute atomic E-state index is 0.0540. The van der Waals surface area contributed by atoms with Crippen LogP contribution in [0.25, 0.3) is 11.1 Å². The first-order valence-electron chi connectivity index (χ1n) is 10.7. The Morgan fingerprint density at radius 3 is 2.42 bits per heavy atom. The Balaban J connectivity index is 1.23. The van der Waals surface area contributed by atoms with Crippen LogP contribution in [-0.4, -0.2) is 52.3 Å². The van der Waals surface area contributed by atoms with Crippen LogP contribution in [0.1, 0.15) is 40.4 Å². The van der Waals surface area contributed by atoms with E-state index in [1.807, 2.05) is 36.4 Å². The zero-order chi connectivity index (χ0) is 22.9. The number of aromatic nitrogens is 1. The third kappa shape index (κ3) is 3.82. The van der Waals surface area contributed by atoms with E-state index in [1.54, 1.807) is 0 Å². The fourth-order valence-corrected chi connectivity index (χ4v) is 4.58. The van der Waals surface area contributed by atoms with E-state index in [4.69, 9.17) is 9.26 Å². The lowest BCUT2D eigenvalue weighted by atomic mass is 9.98. The van der Waals surface area contributed by atoms with Crippen LogP contribution in [-0.2, 0) is 9.53 Å². The summed E-state index contributed by atoms with van der Waals surface area (Å²) in [6, 6.07) is 16.4. The number of fused-ring (bicyclic) bond motifs is 3. The van der Waals surface area contributed by atoms with Crippen LogP contribution in [0.15, 0.2) is 59.1 Å². The highest BCUT2D eigenvalue weighted by Gasteiger charge is 2.36. The summed E-state index contributed by atoms with van der Waals surface area (Å²) in [6.45, 7) is 0.464. The van der Waals surface area contributed by atoms with E-state index < -0.39 is 24.0 Å². The van der Waals surface area contributed by atoms with Crippen LogP contribution < -0.4 is 5.32 Å². The Morgan fingerprint density at radius 2 is 1.76 bits per heavy atom. The van der Waals surface area contributed by atoms with E-state index in [0.29, 0.717) is 19.4 Å². The van der Waals surface area contributed by atoms with Crippen molar-refractivity contribution in [3.63, 3.8) is 0 Å². The molecule has 1 fully saturated rings. The van der Waals surface area contributed by atoms with Gasteiger partial charge in [-0.15, -0.1) is 0 Å². The van der Waals surface area contributed by atoms with Crippen molar-refractivity contribution >= 4 is 23.9 Å². The second kappa shape index (κ2) is 8.42. The maximum atomic E-state index is 12.6. The number of benzene rings is 2. The van der Waals surface area contributed by atoms with Gasteiger partial charge in [-0.3, -0.25) is 10.1 Å². The number of nitrogens with one attached hydrogen (secondary N) is 1. The summed E-state index contributed by atoms with van der Waals surface area (Å²) in [5, 5.41) is 15.4. The Kier molecular flexibility index (Phi) is 5.29. The van der Waals surface area contributed by atoms with Crippen LogP contribution in [0.4, 0.5) is 10.7 Å². The topological polar surface area (TPSA) is 122 Å². The highest BCUT2D eigenvalue weighted by Crippen LogP contribution is 2.44. The van der Waals surface area contributed by atoms with Gasteiger partial charge in [-0.25, -0.2) is 9.59 Å². The number of carboxylic acids is 1. The predicted octanol–water partition coefficient (Wildman–Crippen LogP) is 3.72. The van der Waals surface area contributed by atoms with Gasteiger partial charge in [0.15, 0.2) is 5.69 Å². The van der Waals surface area contributed by atoms with E-state index in [0.717, 1.165) is 22.3 Å². The van der Waals surface area contributed by atoms with E-state index in [9.17, 15) is 19.5 Å². The smallest absolute Gasteiger partial charge is 0.414 e. The molecule has 9 heteroatoms. The molecule has 0 radical (unpaired) electrons. The second-order valence-electron chi connectivity index (χ2n) is 8.02. The first kappa shape index (κ1) is 20.7. The molecule has 1 aliphatic heterocycles. The summed E-state index contributed by atoms with van der Waals surface area (Å²) in [4.78, 5) is 37.5. The molecule has 1 aromatic heterocycles. The van der Waals surface area contributed by atoms with Crippen LogP contribution in [0.2, 0.25) is 0 Å². The fraction of sp³-hybridized carbons (Fsp3) is 0.250. The quantitative estimate of drug-likeness (QED) is 0.611. The van der Waals surface area contributed by atoms with Crippen LogP contribution >= 0.6 is 0 Å². The molecule has 1 atom stereocenters. The van der Waals surface area contributed by atoms with Gasteiger partial charge in [0.25, 0.3) is 5.91 Å². The molecule has 2 aromatic carbocycles. The fourth-order valence-electron chi connectivity index (χ4n) is 4.58. The number of hydrogen-bond acceptors (Lipinski definition) is 6. The van der Waals surface area contributed by atoms with Crippen LogP contribution in [0.3, 0.4) is 0 Å². The summed E-state index contributed by atoms with van der Waals surface area (Å²) in [5.41, 5.74) is 4.37. The van der Waals surface area contributed by atoms with E-state index in [2.05, 4.69) is 22.6 Å². The number of anilines is 1. The van der Waals surface area contributed by atoms with Crippen LogP contribution in [0.5, 0.6) is 0 Å². The number of carboxylic acid groups (broad SMARTS) is 1. The molecule has 0 spiro atoms. The normalized spacial score (nSPS) is 16.8. The maximum Gasteiger partial charge on any atom is 0.414 e. The number of nitrogens with zero attached hydrogens (tertiary/aromatic N) is 2. The molecule has 2 N–H and O–H groups in total. The number of hydrogen-bond donors (Lipinski definition) is 2. The van der Waals surface area contributed by atoms with E-state index in [-0.39, 0.29) is 24.1 Å². The number of amides is 2. The SMILES string of the molecule is O=C(Nc1cc(C(=O)N2CCCC2C(=O)O)no1)OCC1c2ccccc2-c2ccccc21. The Bertz CT molecular complexity index is 1190. The summed E-state index contributed by atoms with van der Waals surface area (Å²) in [5.74, 6) is -1.75. The Hall–Kier alpha value is -4.14. The first-order valence-corrected chi connectivity index (χ1v) is 10.7. The number of carbonyl (C=O) groups is 3. The Labute approximate surface area is 188 Å². The lowest BCUT2D eigenvalue weighted by molar-refractivity contribution is -0.141. The molecule has 1 aliphatic carbocycles. The van der Waals surface area contributed by atoms with Crippen molar-refractivity contribution in [2.45, 2.75) is 24.8 Å². The van der Waals surface area contributed by atoms with Gasteiger partial charge in [-0.2, -0.15) is 0 Å². The van der Waals surface area contributed by atoms with Gasteiger partial charge < -0.3 is 19.3 Å². The molecule has 9 nitrogen and oxygen atoms in total. The molecule has 1 unspecified atom stereocenters. The van der Waals surface area contributed by atoms with Gasteiger partial charge in [0.05, 0.1) is 0 Å². The average molecular weight is 447 g/mol. The molecule has 2 aliphatic rings. The highest BCUT2D eigenvalue weighted by molar-refractivity contribution is 5.96. The van der Waals surface area contributed by atoms with Crippen molar-refractivity contribution in [2.75, 3.05) is 18.5 Å². The second-order valence-corrected chi connectivity index (χ2v) is 8.02. The summed E-state index contributed by atoms with van der Waals surface area (Å²) in [6.07, 6.45) is 0.256. The molecule has 0 saturated carbocycles. The summed E-state index contributed by atoms with van der Waals surface area (Å²) < 4.78 is 10.5. The van der Waals surface area contributed by atoms with Crippen molar-refractivity contribution in [2.24, 2.45) is 0 Å². The van der Waals surface area contributed by atoms with E-state index in [1.165, 1.54) is 11.0 Å². The summed E-state index contributed by atoms with van der Waals surface area (Å²) in [7, 11) is 0. The van der Waals surface area contributed by atoms with Crippen molar-refractivity contribution in [1.29, 1.82) is 0 Å². The van der Waals surface area contributed by atoms with E-state index >= 15 is 0 Å². The standard InChI is InChI=1S/C24H21N3O6/c28-22(27-11-5-10-20(27)23(29)30)19-12-21(33-26-19)25-24(31)32-13-18-16-8-3-1-6-14(16)15-7-2-4-9-17(15)18/h1-4,6-9,12,18,20H,5,10-11,13H2,(H,25,31)(H,29,30). The van der Waals surface area contributed by atoms with Gasteiger partial charge >= 0.3 is 12.1 Å². The van der Waals surface area contributed by atoms with Gasteiger partial charge in [-0.05, 0) is 35.1 Å². The van der Waals surface area contributed by atoms with Crippen molar-refractivity contribution in [3.05, 3.63) is 71.4 Å². The zero-order valence-electron chi connectivity index (χ0n) is 17.6. The third-order valence-electron chi connectivity index (χ3n) is 6.10. The Morgan fingerprint density at radius 1 is 1.09 bits per heavy atom. The minimum Gasteiger partial charge on any atom is -0.480 e. The van der Waals surface area contributed by atoms with Crippen molar-refractivity contribution in [1.82, 2.24) is 10.1 Å². The number of ether oxygens (including phenoxy) is 1. The van der Waals surface area contributed by atoms with Gasteiger partial charge in [0, 0.05) is 18.5 Å². The molecular weight excluding hydrogens is 426 g/mol. The van der Waals surface area contributed by atoms with Gasteiger partial charge in [0.2, 0.25) is 5.88 Å². The lowest BCUT2D eigenvalue weighted by Crippen LogP contribution is -2.40. The number of carbonyl (C=O) groups excluding carboxylic acids is 2. The predicted molar refractivity (Wildman–Crippen MR) is 117 cm³/mol. The third-order valence-corrected chi connectivity index (χ3v) is 6.10. The van der Waals surface area contributed by atoms with Gasteiger partial charge in [0.1, 0.15) is 12.6 Å². The summed E-state index contributed by atoms with van der Waals surface area (Å²) >= 11 is 0. The molecule has 5 rings (SSSR count). The maximum absolute atomic E-state index is 12.6. The molecule has 168 valence electrons. The van der Waals surface area contributed by atoms with Crippen molar-refractivity contribution < 1.29 is 28.8 Å². The molecule has 33 heavy (non-hydrogen) atoms. The molecule has 2 heterocycles.